The van der Waals surface area contributed by atoms with Crippen LogP contribution in [-0.2, 0) is 13.1 Å². The van der Waals surface area contributed by atoms with Gasteiger partial charge in [0.25, 0.3) is 0 Å². The highest BCUT2D eigenvalue weighted by atomic mass is 35.5. The van der Waals surface area contributed by atoms with E-state index >= 15 is 0 Å². The fourth-order valence-electron chi connectivity index (χ4n) is 4.00. The van der Waals surface area contributed by atoms with E-state index in [1.165, 1.54) is 0 Å². The number of carbonyl (C=O) groups excluding carboxylic acids is 1. The first-order valence-electron chi connectivity index (χ1n) is 10.3. The number of likely N-dealkylation sites (tertiary alicyclic amines) is 1. The maximum atomic E-state index is 12.4. The minimum Gasteiger partial charge on any atom is -0.492 e. The number of fused-ring (bicyclic) bond motifs is 1. The Kier molecular flexibility index (Phi) is 6.55. The van der Waals surface area contributed by atoms with E-state index in [0.717, 1.165) is 18.7 Å². The number of hydrogen-bond acceptors (Lipinski definition) is 7. The number of benzene rings is 1. The molecular formula is C21H23Cl2N7O2. The molecule has 32 heavy (non-hydrogen) atoms. The zero-order chi connectivity index (χ0) is 22.8. The van der Waals surface area contributed by atoms with Crippen molar-refractivity contribution in [3.63, 3.8) is 0 Å². The molecule has 2 amide bonds. The zero-order valence-electron chi connectivity index (χ0n) is 17.6. The van der Waals surface area contributed by atoms with Crippen LogP contribution in [0.3, 0.4) is 0 Å². The van der Waals surface area contributed by atoms with Crippen LogP contribution in [0.1, 0.15) is 18.2 Å². The molecular weight excluding hydrogens is 453 g/mol. The summed E-state index contributed by atoms with van der Waals surface area (Å²) in [7, 11) is 0. The number of nitrogens with zero attached hydrogens (tertiary/aromatic N) is 5. The summed E-state index contributed by atoms with van der Waals surface area (Å²) >= 11 is 12.9. The highest BCUT2D eigenvalue weighted by Gasteiger charge is 2.31. The van der Waals surface area contributed by atoms with Gasteiger partial charge in [-0.25, -0.2) is 14.8 Å². The van der Waals surface area contributed by atoms with Crippen LogP contribution in [-0.4, -0.2) is 58.6 Å². The third-order valence-corrected chi connectivity index (χ3v) is 5.99. The number of carbonyl (C=O) groups is 1. The first-order chi connectivity index (χ1) is 15.4. The molecule has 3 N–H and O–H groups in total. The standard InChI is InChI=1S/C21H23Cl2N7O2/c1-2-26-21(31)30-9-14-16(10-30)27-20(25)28-19(14)18-15(23)5-13(22)6-17(18)32-11-12-7-29(8-12)4-3-24/h5-6,12H,2,4,7-11H2,1H3,(H,26,31)(H2,25,27,28). The highest BCUT2D eigenvalue weighted by molar-refractivity contribution is 6.37. The number of urea groups is 1. The molecule has 9 nitrogen and oxygen atoms in total. The molecule has 0 radical (unpaired) electrons. The van der Waals surface area contributed by atoms with E-state index in [4.69, 9.17) is 38.9 Å². The SMILES string of the molecule is CCNC(=O)N1Cc2nc(N)nc(-c3c(Cl)cc(Cl)cc3OCC3CN(CC#N)C3)c2C1. The Morgan fingerprint density at radius 1 is 1.34 bits per heavy atom. The molecule has 3 heterocycles. The van der Waals surface area contributed by atoms with Gasteiger partial charge in [-0.15, -0.1) is 0 Å². The summed E-state index contributed by atoms with van der Waals surface area (Å²) in [4.78, 5) is 24.8. The Hall–Kier alpha value is -2.80. The molecule has 1 aromatic carbocycles. The summed E-state index contributed by atoms with van der Waals surface area (Å²) in [5, 5.41) is 12.4. The first-order valence-corrected chi connectivity index (χ1v) is 11.0. The van der Waals surface area contributed by atoms with Crippen molar-refractivity contribution >= 4 is 35.2 Å². The van der Waals surface area contributed by atoms with Gasteiger partial charge in [-0.1, -0.05) is 23.2 Å². The number of nitrogen functional groups attached to an aromatic ring is 1. The van der Waals surface area contributed by atoms with Crippen molar-refractivity contribution in [2.24, 2.45) is 5.92 Å². The van der Waals surface area contributed by atoms with E-state index in [2.05, 4.69) is 21.4 Å². The predicted molar refractivity (Wildman–Crippen MR) is 121 cm³/mol. The Labute approximate surface area is 196 Å². The molecule has 2 aliphatic rings. The smallest absolute Gasteiger partial charge is 0.318 e. The van der Waals surface area contributed by atoms with Gasteiger partial charge in [0.1, 0.15) is 5.75 Å². The number of halogens is 2. The molecule has 1 aromatic heterocycles. The molecule has 0 spiro atoms. The lowest BCUT2D eigenvalue weighted by molar-refractivity contribution is 0.0742. The molecule has 0 saturated carbocycles. The maximum absolute atomic E-state index is 12.4. The van der Waals surface area contributed by atoms with Gasteiger partial charge in [-0.2, -0.15) is 5.26 Å². The fourth-order valence-corrected chi connectivity index (χ4v) is 4.56. The van der Waals surface area contributed by atoms with Crippen molar-refractivity contribution in [1.29, 1.82) is 5.26 Å². The Morgan fingerprint density at radius 2 is 2.12 bits per heavy atom. The molecule has 168 valence electrons. The van der Waals surface area contributed by atoms with Crippen molar-refractivity contribution < 1.29 is 9.53 Å². The van der Waals surface area contributed by atoms with Gasteiger partial charge in [0.2, 0.25) is 5.95 Å². The van der Waals surface area contributed by atoms with Gasteiger partial charge in [-0.05, 0) is 19.1 Å². The Bertz CT molecular complexity index is 1080. The van der Waals surface area contributed by atoms with E-state index in [-0.39, 0.29) is 12.0 Å². The summed E-state index contributed by atoms with van der Waals surface area (Å²) in [6.45, 7) is 5.53. The monoisotopic (exact) mass is 475 g/mol. The van der Waals surface area contributed by atoms with Gasteiger partial charge < -0.3 is 20.7 Å². The fraction of sp³-hybridized carbons (Fsp3) is 0.429. The maximum Gasteiger partial charge on any atom is 0.318 e. The number of aromatic nitrogens is 2. The number of anilines is 1. The summed E-state index contributed by atoms with van der Waals surface area (Å²) in [6, 6.07) is 5.30. The van der Waals surface area contributed by atoms with Crippen molar-refractivity contribution in [2.45, 2.75) is 20.0 Å². The van der Waals surface area contributed by atoms with Crippen LogP contribution >= 0.6 is 23.2 Å². The molecule has 2 aromatic rings. The topological polar surface area (TPSA) is 120 Å². The third-order valence-electron chi connectivity index (χ3n) is 5.47. The molecule has 11 heteroatoms. The van der Waals surface area contributed by atoms with Crippen LogP contribution < -0.4 is 15.8 Å². The summed E-state index contributed by atoms with van der Waals surface area (Å²) in [5.41, 5.74) is 8.57. The zero-order valence-corrected chi connectivity index (χ0v) is 19.1. The Balaban J connectivity index is 1.63. The number of hydrogen-bond donors (Lipinski definition) is 2. The van der Waals surface area contributed by atoms with Crippen molar-refractivity contribution in [3.8, 4) is 23.1 Å². The van der Waals surface area contributed by atoms with Crippen molar-refractivity contribution in [2.75, 3.05) is 38.5 Å². The van der Waals surface area contributed by atoms with Crippen LogP contribution in [0.5, 0.6) is 5.75 Å². The number of ether oxygens (including phenoxy) is 1. The lowest BCUT2D eigenvalue weighted by Crippen LogP contribution is -2.49. The van der Waals surface area contributed by atoms with Crippen LogP contribution in [0.4, 0.5) is 10.7 Å². The van der Waals surface area contributed by atoms with Crippen molar-refractivity contribution in [3.05, 3.63) is 33.4 Å². The van der Waals surface area contributed by atoms with Crippen molar-refractivity contribution in [1.82, 2.24) is 25.1 Å². The van der Waals surface area contributed by atoms with E-state index < -0.39 is 0 Å². The Morgan fingerprint density at radius 3 is 2.84 bits per heavy atom. The minimum atomic E-state index is -0.180. The van der Waals surface area contributed by atoms with Crippen LogP contribution in [0.2, 0.25) is 10.0 Å². The van der Waals surface area contributed by atoms with Gasteiger partial charge in [-0.3, -0.25) is 4.90 Å². The van der Waals surface area contributed by atoms with Crippen LogP contribution in [0.25, 0.3) is 11.3 Å². The first kappa shape index (κ1) is 22.4. The molecule has 0 aliphatic carbocycles. The number of amides is 2. The van der Waals surface area contributed by atoms with Crippen LogP contribution in [0, 0.1) is 17.2 Å². The van der Waals surface area contributed by atoms with E-state index in [9.17, 15) is 4.79 Å². The second-order valence-electron chi connectivity index (χ2n) is 7.84. The molecule has 0 unspecified atom stereocenters. The molecule has 2 aliphatic heterocycles. The second kappa shape index (κ2) is 9.36. The van der Waals surface area contributed by atoms with Gasteiger partial charge in [0, 0.05) is 36.1 Å². The van der Waals surface area contributed by atoms with E-state index in [0.29, 0.717) is 71.4 Å². The number of rotatable bonds is 6. The largest absolute Gasteiger partial charge is 0.492 e. The molecule has 1 saturated heterocycles. The second-order valence-corrected chi connectivity index (χ2v) is 8.68. The van der Waals surface area contributed by atoms with Crippen LogP contribution in [0.15, 0.2) is 12.1 Å². The highest BCUT2D eigenvalue weighted by Crippen LogP contribution is 2.42. The number of nitrogens with two attached hydrogens (primary N) is 1. The van der Waals surface area contributed by atoms with Gasteiger partial charge >= 0.3 is 6.03 Å². The quantitative estimate of drug-likeness (QED) is 0.615. The average Bonchev–Trinajstić information content (AvgIpc) is 3.13. The summed E-state index contributed by atoms with van der Waals surface area (Å²) in [6.07, 6.45) is 0. The van der Waals surface area contributed by atoms with E-state index in [1.807, 2.05) is 11.8 Å². The van der Waals surface area contributed by atoms with E-state index in [1.54, 1.807) is 17.0 Å². The molecule has 4 rings (SSSR count). The number of nitriles is 1. The number of nitrogens with one attached hydrogen (secondary N) is 1. The average molecular weight is 476 g/mol. The minimum absolute atomic E-state index is 0.0969. The lowest BCUT2D eigenvalue weighted by atomic mass is 10.0. The summed E-state index contributed by atoms with van der Waals surface area (Å²) < 4.78 is 6.12. The molecule has 1 fully saturated rings. The lowest BCUT2D eigenvalue weighted by Gasteiger charge is -2.37. The van der Waals surface area contributed by atoms with Gasteiger partial charge in [0.15, 0.2) is 0 Å². The third kappa shape index (κ3) is 4.53. The molecule has 0 atom stereocenters. The predicted octanol–water partition coefficient (Wildman–Crippen LogP) is 2.91. The van der Waals surface area contributed by atoms with Gasteiger partial charge in [0.05, 0.1) is 54.3 Å². The summed E-state index contributed by atoms with van der Waals surface area (Å²) in [5.74, 6) is 0.904. The molecule has 0 bridgehead atoms. The normalized spacial score (nSPS) is 15.8.